The molecule has 0 bridgehead atoms. The van der Waals surface area contributed by atoms with Gasteiger partial charge in [-0.25, -0.2) is 9.07 Å². The number of anilines is 1. The molecule has 1 aromatic carbocycles. The number of nitrogen functional groups attached to an aromatic ring is 1. The lowest BCUT2D eigenvalue weighted by Crippen LogP contribution is -2.18. The van der Waals surface area contributed by atoms with Crippen LogP contribution >= 0.6 is 0 Å². The molecule has 1 atom stereocenters. The third kappa shape index (κ3) is 2.93. The summed E-state index contributed by atoms with van der Waals surface area (Å²) < 4.78 is 26.7. The lowest BCUT2D eigenvalue weighted by atomic mass is 10.2. The number of nitrogens with two attached hydrogens (primary N) is 1. The molecule has 1 aliphatic rings. The van der Waals surface area contributed by atoms with Gasteiger partial charge >= 0.3 is 0 Å². The van der Waals surface area contributed by atoms with Crippen LogP contribution in [0.2, 0.25) is 0 Å². The summed E-state index contributed by atoms with van der Waals surface area (Å²) in [5.41, 5.74) is 8.02. The largest absolute Gasteiger partial charge is 0.491 e. The fourth-order valence-corrected chi connectivity index (χ4v) is 3.00. The van der Waals surface area contributed by atoms with Crippen molar-refractivity contribution < 1.29 is 13.9 Å². The van der Waals surface area contributed by atoms with E-state index in [0.717, 1.165) is 25.9 Å². The molecule has 3 aromatic rings. The Morgan fingerprint density at radius 3 is 3.08 bits per heavy atom. The molecule has 0 spiro atoms. The molecule has 0 aliphatic carbocycles. The topological polar surface area (TPSA) is 89.3 Å². The molecule has 0 amide bonds. The van der Waals surface area contributed by atoms with Gasteiger partial charge in [-0.15, -0.1) is 0 Å². The highest BCUT2D eigenvalue weighted by molar-refractivity contribution is 5.82. The Labute approximate surface area is 143 Å². The molecule has 132 valence electrons. The molecule has 8 heteroatoms. The Morgan fingerprint density at radius 1 is 1.44 bits per heavy atom. The zero-order valence-corrected chi connectivity index (χ0v) is 13.9. The van der Waals surface area contributed by atoms with Crippen molar-refractivity contribution in [1.29, 1.82) is 0 Å². The highest BCUT2D eigenvalue weighted by atomic mass is 19.1. The van der Waals surface area contributed by atoms with Gasteiger partial charge in [0.2, 0.25) is 0 Å². The van der Waals surface area contributed by atoms with Crippen LogP contribution < -0.4 is 15.5 Å². The van der Waals surface area contributed by atoms with E-state index in [1.807, 2.05) is 0 Å². The second-order valence-corrected chi connectivity index (χ2v) is 5.99. The maximum atomic E-state index is 14.0. The van der Waals surface area contributed by atoms with Gasteiger partial charge in [0.05, 0.1) is 18.5 Å². The molecule has 2 N–H and O–H groups in total. The molecule has 1 saturated heterocycles. The molecule has 1 aliphatic heterocycles. The monoisotopic (exact) mass is 344 g/mol. The summed E-state index contributed by atoms with van der Waals surface area (Å²) in [7, 11) is 0. The number of imidazole rings is 1. The van der Waals surface area contributed by atoms with Gasteiger partial charge in [0, 0.05) is 6.61 Å². The number of ether oxygens (including phenoxy) is 2. The summed E-state index contributed by atoms with van der Waals surface area (Å²) in [6, 6.07) is 2.86. The minimum atomic E-state index is -0.463. The van der Waals surface area contributed by atoms with Crippen LogP contribution in [-0.4, -0.2) is 28.0 Å². The second kappa shape index (κ2) is 6.36. The highest BCUT2D eigenvalue weighted by Crippen LogP contribution is 2.30. The molecule has 3 heterocycles. The predicted molar refractivity (Wildman–Crippen MR) is 90.7 cm³/mol. The van der Waals surface area contributed by atoms with Gasteiger partial charge in [0.15, 0.2) is 11.6 Å². The molecule has 25 heavy (non-hydrogen) atoms. The lowest BCUT2D eigenvalue weighted by molar-refractivity contribution is -0.0393. The van der Waals surface area contributed by atoms with Gasteiger partial charge in [-0.05, 0) is 55.2 Å². The Morgan fingerprint density at radius 2 is 2.32 bits per heavy atom. The van der Waals surface area contributed by atoms with Crippen molar-refractivity contribution in [3.05, 3.63) is 24.1 Å². The number of nitrogens with zero attached hydrogens (tertiary/aromatic N) is 4. The Bertz CT molecular complexity index is 898. The summed E-state index contributed by atoms with van der Waals surface area (Å²) >= 11 is 0. The van der Waals surface area contributed by atoms with Gasteiger partial charge in [-0.3, -0.25) is 0 Å². The van der Waals surface area contributed by atoms with Gasteiger partial charge in [-0.2, -0.15) is 5.10 Å². The number of benzene rings is 1. The first-order chi connectivity index (χ1) is 12.2. The molecule has 7 nitrogen and oxygen atoms in total. The van der Waals surface area contributed by atoms with Crippen molar-refractivity contribution in [2.45, 2.75) is 32.4 Å². The number of halogens is 1. The minimum Gasteiger partial charge on any atom is -0.491 e. The van der Waals surface area contributed by atoms with Gasteiger partial charge in [-0.1, -0.05) is 0 Å². The Kier molecular flexibility index (Phi) is 4.04. The smallest absolute Gasteiger partial charge is 0.165 e. The van der Waals surface area contributed by atoms with Gasteiger partial charge in [0.25, 0.3) is 0 Å². The van der Waals surface area contributed by atoms with E-state index < -0.39 is 5.82 Å². The van der Waals surface area contributed by atoms with Crippen molar-refractivity contribution in [2.24, 2.45) is 0 Å². The zero-order valence-electron chi connectivity index (χ0n) is 13.9. The third-order valence-corrected chi connectivity index (χ3v) is 4.20. The van der Waals surface area contributed by atoms with E-state index in [0.29, 0.717) is 34.8 Å². The molecule has 0 saturated carbocycles. The molecule has 0 radical (unpaired) electrons. The maximum absolute atomic E-state index is 14.0. The quantitative estimate of drug-likeness (QED) is 0.783. The minimum absolute atomic E-state index is 0.115. The van der Waals surface area contributed by atoms with Crippen molar-refractivity contribution in [1.82, 2.24) is 19.7 Å². The first-order valence-electron chi connectivity index (χ1n) is 8.39. The van der Waals surface area contributed by atoms with E-state index >= 15 is 0 Å². The highest BCUT2D eigenvalue weighted by Gasteiger charge is 2.18. The van der Waals surface area contributed by atoms with Crippen LogP contribution in [0.1, 0.15) is 32.4 Å². The van der Waals surface area contributed by atoms with E-state index in [2.05, 4.69) is 15.1 Å². The van der Waals surface area contributed by atoms with Crippen LogP contribution in [0.5, 0.6) is 5.75 Å². The Balaban J connectivity index is 1.70. The maximum Gasteiger partial charge on any atom is 0.165 e. The van der Waals surface area contributed by atoms with E-state index in [9.17, 15) is 4.39 Å². The SMILES string of the molecule is CCOc1cc2[n-]c(-c3nn(C4CCCCO4)cc3N)nc2cc1F. The predicted octanol–water partition coefficient (Wildman–Crippen LogP) is 2.87. The molecular weight excluding hydrogens is 325 g/mol. The van der Waals surface area contributed by atoms with Crippen LogP contribution in [0, 0.1) is 5.82 Å². The summed E-state index contributed by atoms with van der Waals surface area (Å²) in [5, 5.41) is 4.50. The molecule has 4 rings (SSSR count). The number of aromatic nitrogens is 4. The lowest BCUT2D eigenvalue weighted by Gasteiger charge is -2.22. The van der Waals surface area contributed by atoms with E-state index in [1.54, 1.807) is 23.9 Å². The number of hydrogen-bond donors (Lipinski definition) is 1. The van der Waals surface area contributed by atoms with E-state index in [-0.39, 0.29) is 12.0 Å². The third-order valence-electron chi connectivity index (χ3n) is 4.20. The first-order valence-corrected chi connectivity index (χ1v) is 8.39. The summed E-state index contributed by atoms with van der Waals surface area (Å²) in [4.78, 5) is 8.79. The van der Waals surface area contributed by atoms with Crippen molar-refractivity contribution >= 4 is 16.7 Å². The number of hydrogen-bond acceptors (Lipinski definition) is 5. The van der Waals surface area contributed by atoms with Gasteiger partial charge < -0.3 is 25.2 Å². The summed E-state index contributed by atoms with van der Waals surface area (Å²) in [6.45, 7) is 2.89. The first kappa shape index (κ1) is 15.9. The van der Waals surface area contributed by atoms with Crippen LogP contribution in [-0.2, 0) is 4.74 Å². The number of rotatable bonds is 4. The molecular formula is C17H19FN5O2-. The zero-order chi connectivity index (χ0) is 17.4. The van der Waals surface area contributed by atoms with E-state index in [4.69, 9.17) is 15.2 Å². The normalized spacial score (nSPS) is 17.9. The Hall–Kier alpha value is -2.61. The van der Waals surface area contributed by atoms with Crippen LogP contribution in [0.3, 0.4) is 0 Å². The molecule has 2 aromatic heterocycles. The molecule has 1 fully saturated rings. The van der Waals surface area contributed by atoms with Gasteiger partial charge in [0.1, 0.15) is 11.9 Å². The van der Waals surface area contributed by atoms with Crippen LogP contribution in [0.25, 0.3) is 22.6 Å². The van der Waals surface area contributed by atoms with Crippen molar-refractivity contribution in [3.8, 4) is 17.3 Å². The standard InChI is InChI=1S/C17H19FN5O2/c1-2-24-14-8-13-12(7-10(14)18)20-17(21-13)16-11(19)9-23(22-16)15-5-3-4-6-25-15/h7-9,15H,2-6,19H2,1H3/q-1. The second-order valence-electron chi connectivity index (χ2n) is 5.99. The average Bonchev–Trinajstić information content (AvgIpc) is 3.19. The van der Waals surface area contributed by atoms with Crippen LogP contribution in [0.4, 0.5) is 10.1 Å². The summed E-state index contributed by atoms with van der Waals surface area (Å²) in [5.74, 6) is 0.0700. The molecule has 1 unspecified atom stereocenters. The fraction of sp³-hybridized carbons (Fsp3) is 0.412. The summed E-state index contributed by atoms with van der Waals surface area (Å²) in [6.07, 6.45) is 4.67. The van der Waals surface area contributed by atoms with E-state index in [1.165, 1.54) is 6.07 Å². The average molecular weight is 344 g/mol. The number of fused-ring (bicyclic) bond motifs is 1. The van der Waals surface area contributed by atoms with Crippen molar-refractivity contribution in [2.75, 3.05) is 18.9 Å². The fourth-order valence-electron chi connectivity index (χ4n) is 3.00. The van der Waals surface area contributed by atoms with Crippen molar-refractivity contribution in [3.63, 3.8) is 0 Å². The van der Waals surface area contributed by atoms with Crippen LogP contribution in [0.15, 0.2) is 18.3 Å².